The lowest BCUT2D eigenvalue weighted by atomic mass is 10.1. The number of hydrogen-bond donors (Lipinski definition) is 0. The van der Waals surface area contributed by atoms with Crippen molar-refractivity contribution in [2.75, 3.05) is 7.11 Å². The van der Waals surface area contributed by atoms with Crippen LogP contribution < -0.4 is 4.80 Å². The minimum absolute atomic E-state index is 0.115. The van der Waals surface area contributed by atoms with Gasteiger partial charge in [-0.3, -0.25) is 19.7 Å². The van der Waals surface area contributed by atoms with E-state index in [1.54, 1.807) is 24.3 Å². The second kappa shape index (κ2) is 7.50. The molecule has 0 aliphatic rings. The number of rotatable bonds is 4. The summed E-state index contributed by atoms with van der Waals surface area (Å²) in [4.78, 5) is 39.3. The molecular formula is C18H15N3O5S. The van der Waals surface area contributed by atoms with Crippen LogP contribution in [0.1, 0.15) is 15.9 Å². The van der Waals surface area contributed by atoms with E-state index in [2.05, 4.69) is 4.99 Å². The maximum Gasteiger partial charge on any atom is 0.325 e. The van der Waals surface area contributed by atoms with Gasteiger partial charge >= 0.3 is 5.97 Å². The minimum atomic E-state index is -0.550. The fourth-order valence-corrected chi connectivity index (χ4v) is 3.54. The standard InChI is InChI=1S/C18H15N3O5S/c1-11-4-3-5-12(8-11)17(23)19-18-20(10-16(22)26-2)14-9-13(21(24)25)6-7-15(14)27-18/h3-9H,10H2,1-2H3. The summed E-state index contributed by atoms with van der Waals surface area (Å²) in [5.74, 6) is -1.01. The average Bonchev–Trinajstić information content (AvgIpc) is 2.97. The SMILES string of the molecule is COC(=O)Cn1c(=NC(=O)c2cccc(C)c2)sc2ccc([N+](=O)[O-])cc21. The summed E-state index contributed by atoms with van der Waals surface area (Å²) in [5, 5.41) is 11.1. The van der Waals surface area contributed by atoms with Gasteiger partial charge in [-0.25, -0.2) is 0 Å². The third kappa shape index (κ3) is 3.93. The predicted octanol–water partition coefficient (Wildman–Crippen LogP) is 2.83. The number of methoxy groups -OCH3 is 1. The highest BCUT2D eigenvalue weighted by atomic mass is 32.1. The van der Waals surface area contributed by atoms with Gasteiger partial charge in [-0.15, -0.1) is 0 Å². The first-order valence-corrected chi connectivity index (χ1v) is 8.71. The number of fused-ring (bicyclic) bond motifs is 1. The van der Waals surface area contributed by atoms with E-state index in [1.165, 1.54) is 35.1 Å². The van der Waals surface area contributed by atoms with Gasteiger partial charge in [0.2, 0.25) is 0 Å². The minimum Gasteiger partial charge on any atom is -0.468 e. The van der Waals surface area contributed by atoms with Crippen molar-refractivity contribution in [1.29, 1.82) is 0 Å². The molecule has 0 spiro atoms. The Labute approximate surface area is 157 Å². The van der Waals surface area contributed by atoms with Crippen LogP contribution in [-0.2, 0) is 16.1 Å². The Kier molecular flexibility index (Phi) is 5.13. The monoisotopic (exact) mass is 385 g/mol. The maximum atomic E-state index is 12.5. The van der Waals surface area contributed by atoms with Crippen molar-refractivity contribution in [2.45, 2.75) is 13.5 Å². The topological polar surface area (TPSA) is 104 Å². The van der Waals surface area contributed by atoms with E-state index >= 15 is 0 Å². The van der Waals surface area contributed by atoms with Crippen LogP contribution in [0.3, 0.4) is 0 Å². The Bertz CT molecular complexity index is 1130. The Morgan fingerprint density at radius 1 is 1.26 bits per heavy atom. The van der Waals surface area contributed by atoms with E-state index < -0.39 is 16.8 Å². The van der Waals surface area contributed by atoms with E-state index in [1.807, 2.05) is 13.0 Å². The lowest BCUT2D eigenvalue weighted by Gasteiger charge is -2.03. The number of benzene rings is 2. The van der Waals surface area contributed by atoms with Crippen LogP contribution in [0.4, 0.5) is 5.69 Å². The van der Waals surface area contributed by atoms with Gasteiger partial charge in [0.25, 0.3) is 11.6 Å². The van der Waals surface area contributed by atoms with E-state index in [4.69, 9.17) is 4.74 Å². The van der Waals surface area contributed by atoms with Crippen LogP contribution in [0.25, 0.3) is 10.2 Å². The molecule has 1 aromatic heterocycles. The number of hydrogen-bond acceptors (Lipinski definition) is 6. The predicted molar refractivity (Wildman–Crippen MR) is 99.6 cm³/mol. The molecule has 0 N–H and O–H groups in total. The Morgan fingerprint density at radius 3 is 2.70 bits per heavy atom. The van der Waals surface area contributed by atoms with Crippen LogP contribution >= 0.6 is 11.3 Å². The number of nitro benzene ring substituents is 1. The highest BCUT2D eigenvalue weighted by molar-refractivity contribution is 7.16. The first-order valence-electron chi connectivity index (χ1n) is 7.89. The zero-order chi connectivity index (χ0) is 19.6. The van der Waals surface area contributed by atoms with Crippen molar-refractivity contribution in [3.8, 4) is 0 Å². The molecule has 0 aliphatic carbocycles. The van der Waals surface area contributed by atoms with Gasteiger partial charge in [0.05, 0.1) is 22.2 Å². The molecule has 1 amide bonds. The third-order valence-electron chi connectivity index (χ3n) is 3.85. The summed E-state index contributed by atoms with van der Waals surface area (Å²) in [5.41, 5.74) is 1.67. The zero-order valence-electron chi connectivity index (χ0n) is 14.5. The summed E-state index contributed by atoms with van der Waals surface area (Å²) in [7, 11) is 1.24. The molecule has 3 aromatic rings. The molecule has 138 valence electrons. The molecule has 3 rings (SSSR count). The van der Waals surface area contributed by atoms with Gasteiger partial charge < -0.3 is 9.30 Å². The number of ether oxygens (including phenoxy) is 1. The number of carbonyl (C=O) groups excluding carboxylic acids is 2. The third-order valence-corrected chi connectivity index (χ3v) is 4.91. The molecule has 0 saturated heterocycles. The van der Waals surface area contributed by atoms with Gasteiger partial charge in [-0.1, -0.05) is 29.0 Å². The van der Waals surface area contributed by atoms with E-state index in [0.717, 1.165) is 5.56 Å². The molecule has 8 nitrogen and oxygen atoms in total. The second-order valence-corrected chi connectivity index (χ2v) is 6.75. The van der Waals surface area contributed by atoms with Crippen LogP contribution in [0.15, 0.2) is 47.5 Å². The van der Waals surface area contributed by atoms with Crippen LogP contribution in [0.5, 0.6) is 0 Å². The number of carbonyl (C=O) groups is 2. The Morgan fingerprint density at radius 2 is 2.04 bits per heavy atom. The first-order chi connectivity index (χ1) is 12.9. The van der Waals surface area contributed by atoms with Crippen LogP contribution in [0.2, 0.25) is 0 Å². The number of nitrogens with zero attached hydrogens (tertiary/aromatic N) is 3. The van der Waals surface area contributed by atoms with Gasteiger partial charge in [0, 0.05) is 17.7 Å². The van der Waals surface area contributed by atoms with E-state index in [9.17, 15) is 19.7 Å². The second-order valence-electron chi connectivity index (χ2n) is 5.74. The summed E-state index contributed by atoms with van der Waals surface area (Å²) < 4.78 is 6.81. The number of thiazole rings is 1. The molecule has 9 heteroatoms. The van der Waals surface area contributed by atoms with Gasteiger partial charge in [0.1, 0.15) is 6.54 Å². The fourth-order valence-electron chi connectivity index (χ4n) is 2.53. The van der Waals surface area contributed by atoms with Gasteiger partial charge in [-0.05, 0) is 25.1 Å². The molecular weight excluding hydrogens is 370 g/mol. The highest BCUT2D eigenvalue weighted by Crippen LogP contribution is 2.23. The zero-order valence-corrected chi connectivity index (χ0v) is 15.4. The summed E-state index contributed by atoms with van der Waals surface area (Å²) in [6.45, 7) is 1.66. The summed E-state index contributed by atoms with van der Waals surface area (Å²) in [6.07, 6.45) is 0. The highest BCUT2D eigenvalue weighted by Gasteiger charge is 2.15. The molecule has 0 bridgehead atoms. The lowest BCUT2D eigenvalue weighted by Crippen LogP contribution is -2.22. The number of nitro groups is 1. The molecule has 0 fully saturated rings. The van der Waals surface area contributed by atoms with Crippen molar-refractivity contribution < 1.29 is 19.2 Å². The normalized spacial score (nSPS) is 11.6. The quantitative estimate of drug-likeness (QED) is 0.390. The first kappa shape index (κ1) is 18.5. The number of aromatic nitrogens is 1. The van der Waals surface area contributed by atoms with Crippen molar-refractivity contribution >= 4 is 39.1 Å². The molecule has 0 radical (unpaired) electrons. The molecule has 0 atom stereocenters. The smallest absolute Gasteiger partial charge is 0.325 e. The van der Waals surface area contributed by atoms with Gasteiger partial charge in [-0.2, -0.15) is 4.99 Å². The summed E-state index contributed by atoms with van der Waals surface area (Å²) >= 11 is 1.17. The van der Waals surface area contributed by atoms with Crippen LogP contribution in [-0.4, -0.2) is 28.5 Å². The number of aryl methyl sites for hydroxylation is 1. The maximum absolute atomic E-state index is 12.5. The van der Waals surface area contributed by atoms with Crippen molar-refractivity contribution in [1.82, 2.24) is 4.57 Å². The Balaban J connectivity index is 2.18. The number of non-ortho nitro benzene ring substituents is 1. The average molecular weight is 385 g/mol. The molecule has 27 heavy (non-hydrogen) atoms. The molecule has 1 heterocycles. The molecule has 0 unspecified atom stereocenters. The Hall–Kier alpha value is -3.33. The van der Waals surface area contributed by atoms with Gasteiger partial charge in [0.15, 0.2) is 4.80 Å². The molecule has 2 aromatic carbocycles. The van der Waals surface area contributed by atoms with Crippen molar-refractivity contribution in [3.05, 3.63) is 68.5 Å². The van der Waals surface area contributed by atoms with Crippen molar-refractivity contribution in [3.63, 3.8) is 0 Å². The molecule has 0 saturated carbocycles. The van der Waals surface area contributed by atoms with Crippen molar-refractivity contribution in [2.24, 2.45) is 4.99 Å². The fraction of sp³-hybridized carbons (Fsp3) is 0.167. The van der Waals surface area contributed by atoms with E-state index in [-0.39, 0.29) is 17.0 Å². The van der Waals surface area contributed by atoms with E-state index in [0.29, 0.717) is 15.8 Å². The number of esters is 1. The lowest BCUT2D eigenvalue weighted by molar-refractivity contribution is -0.384. The molecule has 0 aliphatic heterocycles. The number of amides is 1. The largest absolute Gasteiger partial charge is 0.468 e. The summed E-state index contributed by atoms with van der Waals surface area (Å²) in [6, 6.07) is 11.3. The van der Waals surface area contributed by atoms with Crippen LogP contribution in [0, 0.1) is 17.0 Å².